The Kier molecular flexibility index (Phi) is 7.96. The average molecular weight is 527 g/mol. The molecule has 3 atom stereocenters. The Labute approximate surface area is 216 Å². The number of carbonyl (C=O) groups is 1. The number of nitrogens with one attached hydrogen (secondary N) is 1. The van der Waals surface area contributed by atoms with Crippen LogP contribution in [-0.4, -0.2) is 48.8 Å². The molecular weight excluding hydrogens is 496 g/mol. The van der Waals surface area contributed by atoms with E-state index in [-0.39, 0.29) is 35.3 Å². The zero-order valence-corrected chi connectivity index (χ0v) is 21.6. The summed E-state index contributed by atoms with van der Waals surface area (Å²) in [4.78, 5) is 11.8. The number of amides is 1. The van der Waals surface area contributed by atoms with Crippen LogP contribution in [-0.2, 0) is 26.2 Å². The van der Waals surface area contributed by atoms with E-state index in [0.29, 0.717) is 11.3 Å². The first-order valence-electron chi connectivity index (χ1n) is 11.7. The number of ether oxygens (including phenoxy) is 2. The minimum Gasteiger partial charge on any atom is -0.494 e. The summed E-state index contributed by atoms with van der Waals surface area (Å²) in [6, 6.07) is 17.6. The third-order valence-corrected chi connectivity index (χ3v) is 8.12. The summed E-state index contributed by atoms with van der Waals surface area (Å²) in [5, 5.41) is 24.8. The number of aryl methyl sites for hydroxylation is 1. The standard InChI is InChI=1S/C27H30N2O7S/c1-17-9-11-20(12-10-17)37(33,34)29-23(16-36-15-19-7-5-4-6-8-19)24-21(25(31)27(29)32)13-14-22(26(24)35-3)28-18(2)30/h4-14,23,25,27,31-32H,15-16H2,1-3H3,(H,28,30)/t23-,25-,27-/m1/s1. The van der Waals surface area contributed by atoms with Gasteiger partial charge in [0.15, 0.2) is 6.23 Å². The highest BCUT2D eigenvalue weighted by atomic mass is 32.2. The van der Waals surface area contributed by atoms with Crippen LogP contribution in [0.5, 0.6) is 5.75 Å². The molecule has 3 aromatic rings. The van der Waals surface area contributed by atoms with Crippen molar-refractivity contribution in [3.63, 3.8) is 0 Å². The van der Waals surface area contributed by atoms with Crippen LogP contribution in [0, 0.1) is 6.92 Å². The fraction of sp³-hybridized carbons (Fsp3) is 0.296. The van der Waals surface area contributed by atoms with Crippen molar-refractivity contribution in [2.24, 2.45) is 0 Å². The molecule has 9 nitrogen and oxygen atoms in total. The molecule has 1 aliphatic rings. The Hall–Kier alpha value is -3.28. The molecular formula is C27H30N2O7S. The number of carbonyl (C=O) groups excluding carboxylic acids is 1. The molecule has 3 N–H and O–H groups in total. The van der Waals surface area contributed by atoms with Crippen LogP contribution in [0.4, 0.5) is 5.69 Å². The first-order chi connectivity index (χ1) is 17.6. The predicted molar refractivity (Wildman–Crippen MR) is 137 cm³/mol. The van der Waals surface area contributed by atoms with Gasteiger partial charge in [-0.1, -0.05) is 54.1 Å². The lowest BCUT2D eigenvalue weighted by Gasteiger charge is -2.42. The normalized spacial score (nSPS) is 19.8. The fourth-order valence-electron chi connectivity index (χ4n) is 4.50. The summed E-state index contributed by atoms with van der Waals surface area (Å²) in [6.07, 6.45) is -3.36. The number of sulfonamides is 1. The zero-order chi connectivity index (χ0) is 26.7. The van der Waals surface area contributed by atoms with Gasteiger partial charge in [0.25, 0.3) is 0 Å². The zero-order valence-electron chi connectivity index (χ0n) is 20.8. The van der Waals surface area contributed by atoms with E-state index in [1.54, 1.807) is 18.2 Å². The number of aliphatic hydroxyl groups is 2. The van der Waals surface area contributed by atoms with Gasteiger partial charge in [-0.25, -0.2) is 8.42 Å². The van der Waals surface area contributed by atoms with Crippen molar-refractivity contribution in [3.8, 4) is 5.75 Å². The van der Waals surface area contributed by atoms with Crippen molar-refractivity contribution >= 4 is 21.6 Å². The SMILES string of the molecule is COc1c(NC(C)=O)ccc2c1[C@@H](COCc1ccccc1)N(S(=O)(=O)c1ccc(C)cc1)[C@H](O)[C@@H]2O. The Bertz CT molecular complexity index is 1360. The Balaban J connectivity index is 1.84. The third kappa shape index (κ3) is 5.39. The molecule has 0 bridgehead atoms. The van der Waals surface area contributed by atoms with Crippen LogP contribution in [0.1, 0.15) is 41.3 Å². The summed E-state index contributed by atoms with van der Waals surface area (Å²) >= 11 is 0. The molecule has 37 heavy (non-hydrogen) atoms. The molecule has 0 radical (unpaired) electrons. The molecule has 1 heterocycles. The van der Waals surface area contributed by atoms with Crippen LogP contribution >= 0.6 is 0 Å². The van der Waals surface area contributed by atoms with Crippen molar-refractivity contribution in [2.45, 2.75) is 43.7 Å². The summed E-state index contributed by atoms with van der Waals surface area (Å²) < 4.78 is 40.2. The molecule has 1 amide bonds. The molecule has 0 saturated heterocycles. The minimum absolute atomic E-state index is 0.0437. The highest BCUT2D eigenvalue weighted by molar-refractivity contribution is 7.89. The quantitative estimate of drug-likeness (QED) is 0.411. The Morgan fingerprint density at radius 1 is 1.03 bits per heavy atom. The smallest absolute Gasteiger partial charge is 0.246 e. The highest BCUT2D eigenvalue weighted by Crippen LogP contribution is 2.48. The van der Waals surface area contributed by atoms with Crippen molar-refractivity contribution in [2.75, 3.05) is 19.0 Å². The number of hydrogen-bond acceptors (Lipinski definition) is 7. The van der Waals surface area contributed by atoms with Crippen LogP contribution in [0.15, 0.2) is 71.6 Å². The van der Waals surface area contributed by atoms with E-state index in [2.05, 4.69) is 5.32 Å². The van der Waals surface area contributed by atoms with Gasteiger partial charge in [-0.2, -0.15) is 4.31 Å². The molecule has 0 unspecified atom stereocenters. The largest absolute Gasteiger partial charge is 0.494 e. The second kappa shape index (κ2) is 11.0. The van der Waals surface area contributed by atoms with Gasteiger partial charge in [-0.05, 0) is 36.2 Å². The van der Waals surface area contributed by atoms with E-state index in [1.807, 2.05) is 37.3 Å². The summed E-state index contributed by atoms with van der Waals surface area (Å²) in [6.45, 7) is 3.21. The van der Waals surface area contributed by atoms with E-state index in [1.165, 1.54) is 32.2 Å². The monoisotopic (exact) mass is 526 g/mol. The highest BCUT2D eigenvalue weighted by Gasteiger charge is 2.48. The lowest BCUT2D eigenvalue weighted by atomic mass is 9.90. The maximum atomic E-state index is 13.9. The minimum atomic E-state index is -4.31. The molecule has 0 aliphatic carbocycles. The van der Waals surface area contributed by atoms with Gasteiger partial charge in [-0.3, -0.25) is 4.79 Å². The maximum absolute atomic E-state index is 13.9. The van der Waals surface area contributed by atoms with Crippen molar-refractivity contribution in [3.05, 3.63) is 89.0 Å². The van der Waals surface area contributed by atoms with Gasteiger partial charge in [0.05, 0.1) is 36.9 Å². The van der Waals surface area contributed by atoms with Crippen molar-refractivity contribution < 1.29 is 32.9 Å². The van der Waals surface area contributed by atoms with Crippen molar-refractivity contribution in [1.82, 2.24) is 4.31 Å². The van der Waals surface area contributed by atoms with Gasteiger partial charge < -0.3 is 25.0 Å². The number of nitrogens with zero attached hydrogens (tertiary/aromatic N) is 1. The van der Waals surface area contributed by atoms with Gasteiger partial charge in [0.2, 0.25) is 15.9 Å². The maximum Gasteiger partial charge on any atom is 0.246 e. The number of hydrogen-bond donors (Lipinski definition) is 3. The summed E-state index contributed by atoms with van der Waals surface area (Å²) in [5.41, 5.74) is 2.63. The van der Waals surface area contributed by atoms with Crippen molar-refractivity contribution in [1.29, 1.82) is 0 Å². The Morgan fingerprint density at radius 3 is 2.32 bits per heavy atom. The average Bonchev–Trinajstić information content (AvgIpc) is 2.87. The molecule has 4 rings (SSSR count). The molecule has 0 fully saturated rings. The van der Waals surface area contributed by atoms with E-state index in [4.69, 9.17) is 9.47 Å². The van der Waals surface area contributed by atoms with Gasteiger partial charge in [-0.15, -0.1) is 0 Å². The second-order valence-corrected chi connectivity index (χ2v) is 10.7. The number of fused-ring (bicyclic) bond motifs is 1. The van der Waals surface area contributed by atoms with E-state index < -0.39 is 28.4 Å². The lowest BCUT2D eigenvalue weighted by Crippen LogP contribution is -2.50. The lowest BCUT2D eigenvalue weighted by molar-refractivity contribution is -0.114. The number of rotatable bonds is 8. The van der Waals surface area contributed by atoms with E-state index in [0.717, 1.165) is 15.4 Å². The van der Waals surface area contributed by atoms with Crippen LogP contribution in [0.2, 0.25) is 0 Å². The van der Waals surface area contributed by atoms with Gasteiger partial charge >= 0.3 is 0 Å². The molecule has 0 aromatic heterocycles. The number of benzene rings is 3. The Morgan fingerprint density at radius 2 is 1.70 bits per heavy atom. The number of anilines is 1. The van der Waals surface area contributed by atoms with Gasteiger partial charge in [0.1, 0.15) is 11.9 Å². The fourth-order valence-corrected chi connectivity index (χ4v) is 6.12. The van der Waals surface area contributed by atoms with Crippen LogP contribution < -0.4 is 10.1 Å². The molecule has 3 aromatic carbocycles. The number of methoxy groups -OCH3 is 1. The second-order valence-electron chi connectivity index (χ2n) is 8.85. The van der Waals surface area contributed by atoms with E-state index >= 15 is 0 Å². The first-order valence-corrected chi connectivity index (χ1v) is 13.2. The molecule has 196 valence electrons. The van der Waals surface area contributed by atoms with Crippen LogP contribution in [0.25, 0.3) is 0 Å². The van der Waals surface area contributed by atoms with E-state index in [9.17, 15) is 23.4 Å². The summed E-state index contributed by atoms with van der Waals surface area (Å²) in [5.74, 6) is -0.174. The molecule has 10 heteroatoms. The summed E-state index contributed by atoms with van der Waals surface area (Å²) in [7, 11) is -2.92. The first kappa shape index (κ1) is 26.8. The molecule has 0 spiro atoms. The number of aliphatic hydroxyl groups excluding tert-OH is 2. The molecule has 0 saturated carbocycles. The van der Waals surface area contributed by atoms with Gasteiger partial charge in [0, 0.05) is 12.5 Å². The molecule has 1 aliphatic heterocycles. The third-order valence-electron chi connectivity index (χ3n) is 6.23. The predicted octanol–water partition coefficient (Wildman–Crippen LogP) is 3.28. The topological polar surface area (TPSA) is 125 Å². The van der Waals surface area contributed by atoms with Crippen LogP contribution in [0.3, 0.4) is 0 Å².